The van der Waals surface area contributed by atoms with Gasteiger partial charge in [0.15, 0.2) is 0 Å². The first kappa shape index (κ1) is 27.9. The predicted molar refractivity (Wildman–Crippen MR) is 142 cm³/mol. The molecule has 0 amide bonds. The van der Waals surface area contributed by atoms with Gasteiger partial charge in [-0.3, -0.25) is 4.90 Å². The molecule has 3 rings (SSSR count). The van der Waals surface area contributed by atoms with Crippen LogP contribution in [0.25, 0.3) is 16.5 Å². The standard InChI is InChI=1S/C27H37F2N3.CH5N/c1-6-19(14-18(5)23(30)7-2)27-26(17(3)4)22-15-21(8-9-24(22)31-27)20-10-12-32(13-11-20)16-25(28)29;1-2/h6,8-9,14-15,17,20,25,30-31H,7,10-13,16H2,1-5H3;2H2,1H3/b18-14-,19-6+,30-23?;. The maximum absolute atomic E-state index is 12.7. The average molecular weight is 473 g/mol. The van der Waals surface area contributed by atoms with E-state index in [1.807, 2.05) is 25.7 Å². The Bertz CT molecular complexity index is 1010. The largest absolute Gasteiger partial charge is 0.354 e. The van der Waals surface area contributed by atoms with Crippen molar-refractivity contribution in [3.05, 3.63) is 52.7 Å². The van der Waals surface area contributed by atoms with Gasteiger partial charge in [0.05, 0.1) is 6.54 Å². The molecule has 1 aromatic carbocycles. The summed E-state index contributed by atoms with van der Waals surface area (Å²) < 4.78 is 25.4. The lowest BCUT2D eigenvalue weighted by Gasteiger charge is -2.32. The van der Waals surface area contributed by atoms with Crippen molar-refractivity contribution in [2.75, 3.05) is 26.7 Å². The quantitative estimate of drug-likeness (QED) is 0.283. The number of rotatable bonds is 8. The van der Waals surface area contributed by atoms with Crippen LogP contribution in [0.15, 0.2) is 35.9 Å². The van der Waals surface area contributed by atoms with Crippen LogP contribution in [0.2, 0.25) is 0 Å². The van der Waals surface area contributed by atoms with Gasteiger partial charge in [0.1, 0.15) is 0 Å². The second kappa shape index (κ2) is 13.0. The third kappa shape index (κ3) is 6.63. The van der Waals surface area contributed by atoms with E-state index in [1.54, 1.807) is 0 Å². The molecule has 6 heteroatoms. The highest BCUT2D eigenvalue weighted by Gasteiger charge is 2.24. The van der Waals surface area contributed by atoms with Gasteiger partial charge in [0.25, 0.3) is 6.43 Å². The second-order valence-electron chi connectivity index (χ2n) is 9.24. The predicted octanol–water partition coefficient (Wildman–Crippen LogP) is 7.09. The van der Waals surface area contributed by atoms with Crippen LogP contribution in [0, 0.1) is 5.41 Å². The third-order valence-corrected chi connectivity index (χ3v) is 6.70. The molecular formula is C28H42F2N4. The molecule has 0 radical (unpaired) electrons. The highest BCUT2D eigenvalue weighted by atomic mass is 19.3. The highest BCUT2D eigenvalue weighted by Crippen LogP contribution is 2.37. The Morgan fingerprint density at radius 3 is 2.41 bits per heavy atom. The lowest BCUT2D eigenvalue weighted by atomic mass is 9.87. The summed E-state index contributed by atoms with van der Waals surface area (Å²) in [5.41, 5.74) is 12.1. The normalized spacial score (nSPS) is 16.3. The monoisotopic (exact) mass is 472 g/mol. The van der Waals surface area contributed by atoms with Gasteiger partial charge in [0, 0.05) is 22.3 Å². The van der Waals surface area contributed by atoms with Crippen molar-refractivity contribution in [2.24, 2.45) is 5.73 Å². The number of halogens is 2. The van der Waals surface area contributed by atoms with Crippen molar-refractivity contribution in [3.63, 3.8) is 0 Å². The first-order valence-corrected chi connectivity index (χ1v) is 12.4. The number of nitrogens with two attached hydrogens (primary N) is 1. The fraction of sp³-hybridized carbons (Fsp3) is 0.536. The number of nitrogens with one attached hydrogen (secondary N) is 2. The number of likely N-dealkylation sites (tertiary alicyclic amines) is 1. The van der Waals surface area contributed by atoms with E-state index in [0.717, 1.165) is 54.7 Å². The third-order valence-electron chi connectivity index (χ3n) is 6.70. The minimum Gasteiger partial charge on any atom is -0.354 e. The molecule has 0 aliphatic carbocycles. The number of fused-ring (bicyclic) bond motifs is 1. The summed E-state index contributed by atoms with van der Waals surface area (Å²) in [6.45, 7) is 11.9. The molecule has 1 aliphatic heterocycles. The van der Waals surface area contributed by atoms with Crippen molar-refractivity contribution < 1.29 is 8.78 Å². The van der Waals surface area contributed by atoms with Gasteiger partial charge in [-0.2, -0.15) is 0 Å². The summed E-state index contributed by atoms with van der Waals surface area (Å²) in [6, 6.07) is 6.68. The Hall–Kier alpha value is -2.31. The van der Waals surface area contributed by atoms with E-state index >= 15 is 0 Å². The number of alkyl halides is 2. The number of allylic oxidation sites excluding steroid dienone is 4. The smallest absolute Gasteiger partial charge is 0.251 e. The fourth-order valence-electron chi connectivity index (χ4n) is 4.85. The summed E-state index contributed by atoms with van der Waals surface area (Å²) >= 11 is 0. The average Bonchev–Trinajstić information content (AvgIpc) is 3.22. The maximum Gasteiger partial charge on any atom is 0.251 e. The summed E-state index contributed by atoms with van der Waals surface area (Å²) in [7, 11) is 1.50. The second-order valence-corrected chi connectivity index (χ2v) is 9.24. The first-order chi connectivity index (χ1) is 16.2. The van der Waals surface area contributed by atoms with E-state index in [2.05, 4.69) is 54.9 Å². The summed E-state index contributed by atoms with van der Waals surface area (Å²) in [4.78, 5) is 5.53. The topological polar surface area (TPSA) is 68.9 Å². The van der Waals surface area contributed by atoms with E-state index < -0.39 is 6.43 Å². The Kier molecular flexibility index (Phi) is 10.6. The van der Waals surface area contributed by atoms with E-state index in [0.29, 0.717) is 17.5 Å². The Morgan fingerprint density at radius 2 is 1.88 bits per heavy atom. The zero-order valence-corrected chi connectivity index (χ0v) is 21.6. The molecule has 1 aromatic heterocycles. The number of aromatic amines is 1. The molecular weight excluding hydrogens is 430 g/mol. The summed E-state index contributed by atoms with van der Waals surface area (Å²) in [5, 5.41) is 9.41. The van der Waals surface area contributed by atoms with E-state index in [1.165, 1.54) is 23.6 Å². The molecule has 0 spiro atoms. The lowest BCUT2D eigenvalue weighted by Crippen LogP contribution is -2.36. The Balaban J connectivity index is 0.00000199. The lowest BCUT2D eigenvalue weighted by molar-refractivity contribution is 0.0754. The number of hydrogen-bond acceptors (Lipinski definition) is 3. The van der Waals surface area contributed by atoms with E-state index in [-0.39, 0.29) is 6.54 Å². The molecule has 2 aromatic rings. The van der Waals surface area contributed by atoms with Crippen LogP contribution in [0.4, 0.5) is 8.78 Å². The number of H-pyrrole nitrogens is 1. The van der Waals surface area contributed by atoms with Crippen molar-refractivity contribution in [2.45, 2.75) is 72.1 Å². The van der Waals surface area contributed by atoms with Crippen molar-refractivity contribution in [1.29, 1.82) is 5.41 Å². The van der Waals surface area contributed by atoms with Crippen molar-refractivity contribution in [3.8, 4) is 0 Å². The molecule has 2 heterocycles. The Morgan fingerprint density at radius 1 is 1.24 bits per heavy atom. The molecule has 0 bridgehead atoms. The molecule has 1 fully saturated rings. The Labute approximate surface area is 203 Å². The maximum atomic E-state index is 12.7. The van der Waals surface area contributed by atoms with Crippen LogP contribution < -0.4 is 5.73 Å². The number of piperidine rings is 1. The van der Waals surface area contributed by atoms with Crippen molar-refractivity contribution in [1.82, 2.24) is 9.88 Å². The van der Waals surface area contributed by atoms with E-state index in [4.69, 9.17) is 5.41 Å². The minimum absolute atomic E-state index is 0.112. The molecule has 4 N–H and O–H groups in total. The van der Waals surface area contributed by atoms with Gasteiger partial charge in [-0.15, -0.1) is 0 Å². The van der Waals surface area contributed by atoms with Crippen LogP contribution in [0.1, 0.15) is 82.5 Å². The molecule has 0 atom stereocenters. The van der Waals surface area contributed by atoms with Gasteiger partial charge in [-0.25, -0.2) is 8.78 Å². The van der Waals surface area contributed by atoms with E-state index in [9.17, 15) is 8.78 Å². The summed E-state index contributed by atoms with van der Waals surface area (Å²) in [6.07, 6.45) is 4.55. The van der Waals surface area contributed by atoms with Gasteiger partial charge in [0.2, 0.25) is 0 Å². The zero-order chi connectivity index (χ0) is 25.4. The van der Waals surface area contributed by atoms with Crippen LogP contribution >= 0.6 is 0 Å². The SMILES string of the molecule is C/C=C(\C=C(\C)C(=N)CC)c1[nH]c2ccc(C3CCN(CC(F)F)CC3)cc2c1C(C)C.CN. The van der Waals surface area contributed by atoms with Gasteiger partial charge < -0.3 is 16.1 Å². The number of benzene rings is 1. The summed E-state index contributed by atoms with van der Waals surface area (Å²) in [5.74, 6) is 0.760. The minimum atomic E-state index is -2.26. The number of hydrogen-bond donors (Lipinski definition) is 3. The van der Waals surface area contributed by atoms with Crippen LogP contribution in [-0.4, -0.2) is 48.7 Å². The molecule has 4 nitrogen and oxygen atoms in total. The zero-order valence-electron chi connectivity index (χ0n) is 21.6. The van der Waals surface area contributed by atoms with Crippen molar-refractivity contribution >= 4 is 22.2 Å². The van der Waals surface area contributed by atoms with Gasteiger partial charge >= 0.3 is 0 Å². The fourth-order valence-corrected chi connectivity index (χ4v) is 4.85. The number of nitrogens with zero attached hydrogens (tertiary/aromatic N) is 1. The highest BCUT2D eigenvalue weighted by molar-refractivity contribution is 6.00. The molecule has 188 valence electrons. The molecule has 0 saturated carbocycles. The molecule has 1 saturated heterocycles. The van der Waals surface area contributed by atoms with Gasteiger partial charge in [-0.1, -0.05) is 32.9 Å². The van der Waals surface area contributed by atoms with Gasteiger partial charge in [-0.05, 0) is 106 Å². The molecule has 1 aliphatic rings. The van der Waals surface area contributed by atoms with Crippen LogP contribution in [-0.2, 0) is 0 Å². The molecule has 0 unspecified atom stereocenters. The molecule has 34 heavy (non-hydrogen) atoms. The first-order valence-electron chi connectivity index (χ1n) is 12.4. The van der Waals surface area contributed by atoms with Crippen LogP contribution in [0.5, 0.6) is 0 Å². The number of aromatic nitrogens is 1. The van der Waals surface area contributed by atoms with Crippen LogP contribution in [0.3, 0.4) is 0 Å².